The Kier molecular flexibility index (Phi) is 3.33. The molecule has 2 aliphatic rings. The summed E-state index contributed by atoms with van der Waals surface area (Å²) >= 11 is 0. The first-order chi connectivity index (χ1) is 7.10. The number of likely N-dealkylation sites (tertiary alicyclic amines) is 1. The van der Waals surface area contributed by atoms with Crippen molar-refractivity contribution in [2.75, 3.05) is 26.2 Å². The Hall–Kier alpha value is -0.120. The predicted molar refractivity (Wildman–Crippen MR) is 59.8 cm³/mol. The van der Waals surface area contributed by atoms with E-state index in [1.165, 1.54) is 12.8 Å². The third-order valence-electron chi connectivity index (χ3n) is 3.86. The van der Waals surface area contributed by atoms with Crippen LogP contribution in [-0.4, -0.2) is 48.0 Å². The smallest absolute Gasteiger partial charge is 0.0922 e. The first-order valence-electron chi connectivity index (χ1n) is 6.16. The Labute approximate surface area is 92.4 Å². The van der Waals surface area contributed by atoms with Crippen LogP contribution in [0.25, 0.3) is 0 Å². The fourth-order valence-corrected chi connectivity index (χ4v) is 2.45. The van der Waals surface area contributed by atoms with Crippen LogP contribution < -0.4 is 0 Å². The van der Waals surface area contributed by atoms with Crippen LogP contribution in [-0.2, 0) is 4.74 Å². The highest BCUT2D eigenvalue weighted by Crippen LogP contribution is 2.29. The first-order valence-corrected chi connectivity index (χ1v) is 6.16. The van der Waals surface area contributed by atoms with Crippen LogP contribution in [0.1, 0.15) is 33.1 Å². The summed E-state index contributed by atoms with van der Waals surface area (Å²) in [6.07, 6.45) is 4.06. The summed E-state index contributed by atoms with van der Waals surface area (Å²) in [5.74, 6) is 0.372. The Morgan fingerprint density at radius 2 is 2.20 bits per heavy atom. The molecule has 1 unspecified atom stereocenters. The third-order valence-corrected chi connectivity index (χ3v) is 3.86. The molecular formula is C12H23NO2. The van der Waals surface area contributed by atoms with E-state index in [-0.39, 0.29) is 0 Å². The van der Waals surface area contributed by atoms with Crippen molar-refractivity contribution >= 4 is 0 Å². The maximum atomic E-state index is 10.1. The van der Waals surface area contributed by atoms with Crippen molar-refractivity contribution in [2.24, 2.45) is 5.92 Å². The Morgan fingerprint density at radius 1 is 1.47 bits per heavy atom. The molecule has 1 atom stereocenters. The fraction of sp³-hybridized carbons (Fsp3) is 1.00. The summed E-state index contributed by atoms with van der Waals surface area (Å²) in [6.45, 7) is 7.91. The van der Waals surface area contributed by atoms with Crippen molar-refractivity contribution in [2.45, 2.75) is 44.8 Å². The maximum absolute atomic E-state index is 10.1. The first kappa shape index (κ1) is 11.4. The molecule has 2 rings (SSSR count). The number of ether oxygens (including phenoxy) is 1. The minimum absolute atomic E-state index is 0.372. The van der Waals surface area contributed by atoms with E-state index < -0.39 is 5.60 Å². The van der Waals surface area contributed by atoms with E-state index in [0.29, 0.717) is 12.0 Å². The van der Waals surface area contributed by atoms with Crippen LogP contribution in [0.15, 0.2) is 0 Å². The van der Waals surface area contributed by atoms with E-state index in [1.54, 1.807) is 0 Å². The molecule has 0 aromatic carbocycles. The Bertz CT molecular complexity index is 206. The second-order valence-corrected chi connectivity index (χ2v) is 5.39. The lowest BCUT2D eigenvalue weighted by atomic mass is 9.83. The zero-order valence-electron chi connectivity index (χ0n) is 9.91. The monoisotopic (exact) mass is 213 g/mol. The molecule has 0 amide bonds. The van der Waals surface area contributed by atoms with E-state index >= 15 is 0 Å². The number of aliphatic hydroxyl groups is 1. The summed E-state index contributed by atoms with van der Waals surface area (Å²) < 4.78 is 5.58. The van der Waals surface area contributed by atoms with Crippen molar-refractivity contribution in [3.8, 4) is 0 Å². The Morgan fingerprint density at radius 3 is 2.73 bits per heavy atom. The van der Waals surface area contributed by atoms with Crippen molar-refractivity contribution in [3.63, 3.8) is 0 Å². The van der Waals surface area contributed by atoms with Gasteiger partial charge in [0, 0.05) is 26.2 Å². The highest BCUT2D eigenvalue weighted by molar-refractivity contribution is 4.97. The average Bonchev–Trinajstić information content (AvgIpc) is 2.62. The summed E-state index contributed by atoms with van der Waals surface area (Å²) in [4.78, 5) is 2.34. The van der Waals surface area contributed by atoms with Gasteiger partial charge in [0.2, 0.25) is 0 Å². The van der Waals surface area contributed by atoms with Gasteiger partial charge >= 0.3 is 0 Å². The quantitative estimate of drug-likeness (QED) is 0.763. The largest absolute Gasteiger partial charge is 0.387 e. The summed E-state index contributed by atoms with van der Waals surface area (Å²) in [6, 6.07) is 0. The van der Waals surface area contributed by atoms with Crippen molar-refractivity contribution in [1.29, 1.82) is 0 Å². The molecule has 0 aromatic heterocycles. The lowest BCUT2D eigenvalue weighted by molar-refractivity contribution is -0.129. The van der Waals surface area contributed by atoms with Gasteiger partial charge in [-0.2, -0.15) is 0 Å². The molecule has 0 saturated carbocycles. The lowest BCUT2D eigenvalue weighted by Crippen LogP contribution is -2.64. The molecule has 1 N–H and O–H groups in total. The van der Waals surface area contributed by atoms with Gasteiger partial charge in [0.1, 0.15) is 0 Å². The van der Waals surface area contributed by atoms with Crippen molar-refractivity contribution < 1.29 is 9.84 Å². The van der Waals surface area contributed by atoms with Gasteiger partial charge in [-0.3, -0.25) is 4.90 Å². The molecule has 3 heteroatoms. The summed E-state index contributed by atoms with van der Waals surface area (Å²) in [5.41, 5.74) is -0.420. The van der Waals surface area contributed by atoms with Crippen LogP contribution in [0.5, 0.6) is 0 Å². The van der Waals surface area contributed by atoms with E-state index in [2.05, 4.69) is 18.7 Å². The van der Waals surface area contributed by atoms with Gasteiger partial charge in [0.15, 0.2) is 0 Å². The van der Waals surface area contributed by atoms with Crippen LogP contribution in [0.4, 0.5) is 0 Å². The third kappa shape index (κ3) is 2.52. The zero-order chi connectivity index (χ0) is 10.9. The summed E-state index contributed by atoms with van der Waals surface area (Å²) in [5, 5.41) is 10.1. The standard InChI is InChI=1S/C12H23NO2/c1-10(2)12(14)8-13(9-12)6-5-11-4-3-7-15-11/h10-11,14H,3-9H2,1-2H3. The lowest BCUT2D eigenvalue weighted by Gasteiger charge is -2.49. The van der Waals surface area contributed by atoms with Crippen LogP contribution >= 0.6 is 0 Å². The topological polar surface area (TPSA) is 32.7 Å². The average molecular weight is 213 g/mol. The van der Waals surface area contributed by atoms with Gasteiger partial charge in [0.25, 0.3) is 0 Å². The van der Waals surface area contributed by atoms with Gasteiger partial charge in [-0.1, -0.05) is 13.8 Å². The van der Waals surface area contributed by atoms with Gasteiger partial charge in [-0.25, -0.2) is 0 Å². The highest BCUT2D eigenvalue weighted by Gasteiger charge is 2.43. The van der Waals surface area contributed by atoms with E-state index in [0.717, 1.165) is 32.7 Å². The number of rotatable bonds is 4. The second kappa shape index (κ2) is 4.40. The summed E-state index contributed by atoms with van der Waals surface area (Å²) in [7, 11) is 0. The van der Waals surface area contributed by atoms with Crippen LogP contribution in [0, 0.1) is 5.92 Å². The van der Waals surface area contributed by atoms with Gasteiger partial charge in [-0.15, -0.1) is 0 Å². The molecule has 2 saturated heterocycles. The van der Waals surface area contributed by atoms with Gasteiger partial charge < -0.3 is 9.84 Å². The van der Waals surface area contributed by atoms with E-state index in [1.807, 2.05) is 0 Å². The van der Waals surface area contributed by atoms with E-state index in [9.17, 15) is 5.11 Å². The van der Waals surface area contributed by atoms with Gasteiger partial charge in [-0.05, 0) is 25.2 Å². The maximum Gasteiger partial charge on any atom is 0.0922 e. The molecule has 15 heavy (non-hydrogen) atoms. The zero-order valence-corrected chi connectivity index (χ0v) is 9.91. The molecule has 2 heterocycles. The molecule has 0 bridgehead atoms. The van der Waals surface area contributed by atoms with Crippen molar-refractivity contribution in [3.05, 3.63) is 0 Å². The minimum Gasteiger partial charge on any atom is -0.387 e. The number of hydrogen-bond donors (Lipinski definition) is 1. The molecular weight excluding hydrogens is 190 g/mol. The number of β-amino-alcohol motifs (C(OH)–C–C–N with tert-alkyl or cyclic N) is 1. The second-order valence-electron chi connectivity index (χ2n) is 5.39. The molecule has 0 radical (unpaired) electrons. The molecule has 0 spiro atoms. The highest BCUT2D eigenvalue weighted by atomic mass is 16.5. The molecule has 2 aliphatic heterocycles. The molecule has 0 aliphatic carbocycles. The minimum atomic E-state index is -0.420. The molecule has 0 aromatic rings. The predicted octanol–water partition coefficient (Wildman–Crippen LogP) is 1.26. The van der Waals surface area contributed by atoms with Crippen LogP contribution in [0.2, 0.25) is 0 Å². The molecule has 3 nitrogen and oxygen atoms in total. The number of hydrogen-bond acceptors (Lipinski definition) is 3. The fourth-order valence-electron chi connectivity index (χ4n) is 2.45. The Balaban J connectivity index is 1.63. The van der Waals surface area contributed by atoms with Crippen LogP contribution in [0.3, 0.4) is 0 Å². The van der Waals surface area contributed by atoms with Gasteiger partial charge in [0.05, 0.1) is 11.7 Å². The molecule has 88 valence electrons. The van der Waals surface area contributed by atoms with Crippen molar-refractivity contribution in [1.82, 2.24) is 4.90 Å². The van der Waals surface area contributed by atoms with E-state index in [4.69, 9.17) is 4.74 Å². The normalized spacial score (nSPS) is 30.8. The molecule has 2 fully saturated rings. The number of nitrogens with zero attached hydrogens (tertiary/aromatic N) is 1. The SMILES string of the molecule is CC(C)C1(O)CN(CCC2CCCO2)C1.